The summed E-state index contributed by atoms with van der Waals surface area (Å²) in [7, 11) is 0. The number of Topliss-reactive ketones (excluding diaryl/α,β-unsaturated/α-hetero) is 1. The number of likely N-dealkylation sites (tertiary alicyclic amines) is 2. The molecule has 0 N–H and O–H groups in total. The van der Waals surface area contributed by atoms with Crippen molar-refractivity contribution in [3.63, 3.8) is 0 Å². The zero-order chi connectivity index (χ0) is 29.1. The third-order valence-corrected chi connectivity index (χ3v) is 9.95. The van der Waals surface area contributed by atoms with E-state index in [1.54, 1.807) is 4.90 Å². The van der Waals surface area contributed by atoms with Gasteiger partial charge in [0, 0.05) is 45.1 Å². The topological polar surface area (TPSA) is 75.1 Å². The molecule has 0 radical (unpaired) electrons. The second-order valence-electron chi connectivity index (χ2n) is 11.7. The number of carbonyl (C=O) groups excluding carboxylic acids is 2. The van der Waals surface area contributed by atoms with Gasteiger partial charge in [-0.15, -0.1) is 0 Å². The Morgan fingerprint density at radius 2 is 1.73 bits per heavy atom. The number of piperidine rings is 2. The fourth-order valence-corrected chi connectivity index (χ4v) is 8.08. The monoisotopic (exact) mass is 706 g/mol. The Morgan fingerprint density at radius 3 is 2.44 bits per heavy atom. The summed E-state index contributed by atoms with van der Waals surface area (Å²) < 4.78 is 2.07. The number of benzene rings is 1. The number of carbonyl (C=O) groups is 2. The Hall–Kier alpha value is -1.81. The number of hydrogen-bond donors (Lipinski definition) is 0. The molecule has 2 saturated heterocycles. The van der Waals surface area contributed by atoms with Crippen LogP contribution in [0.1, 0.15) is 67.8 Å². The minimum absolute atomic E-state index is 0.0116. The summed E-state index contributed by atoms with van der Waals surface area (Å²) in [5.74, 6) is 0.864. The highest BCUT2D eigenvalue weighted by atomic mass is 79.9. The maximum Gasteiger partial charge on any atom is 0.263 e. The number of halogens is 3. The zero-order valence-electron chi connectivity index (χ0n) is 23.7. The number of aryl methyl sites for hydroxylation is 2. The summed E-state index contributed by atoms with van der Waals surface area (Å²) in [6.45, 7) is 7.06. The highest BCUT2D eigenvalue weighted by Crippen LogP contribution is 2.46. The van der Waals surface area contributed by atoms with Crippen LogP contribution in [0, 0.1) is 11.8 Å². The zero-order valence-corrected chi connectivity index (χ0v) is 27.6. The summed E-state index contributed by atoms with van der Waals surface area (Å²) in [6, 6.07) is 6.35. The standard InChI is InChI=1S/C31H37Br2ClN4O3/c1-19(2)36-41-18-28(40)38-11-7-20(8-12-38)27(39)17-37-9-5-21(6-10-37)30-29-22(14-25(34)15-26(29)33)3-4-23-13-24(32)16-35-31(23)30/h13-16,20-21,30H,3-12,17-18H2,1-2H3/t30-/m1/s1. The molecule has 0 bridgehead atoms. The molecule has 1 aromatic heterocycles. The van der Waals surface area contributed by atoms with Gasteiger partial charge in [-0.25, -0.2) is 0 Å². The van der Waals surface area contributed by atoms with E-state index in [0.717, 1.165) is 58.5 Å². The average molecular weight is 709 g/mol. The van der Waals surface area contributed by atoms with Crippen LogP contribution < -0.4 is 0 Å². The van der Waals surface area contributed by atoms with Gasteiger partial charge in [0.05, 0.1) is 18.0 Å². The molecule has 1 aliphatic carbocycles. The van der Waals surface area contributed by atoms with Crippen LogP contribution in [-0.4, -0.2) is 71.5 Å². The molecule has 0 unspecified atom stereocenters. The fraction of sp³-hybridized carbons (Fsp3) is 0.548. The number of hydrogen-bond acceptors (Lipinski definition) is 6. The van der Waals surface area contributed by atoms with E-state index in [-0.39, 0.29) is 24.3 Å². The molecule has 5 rings (SSSR count). The first kappa shape index (κ1) is 30.6. The van der Waals surface area contributed by atoms with E-state index in [4.69, 9.17) is 21.4 Å². The third-order valence-electron chi connectivity index (χ3n) is 8.64. The smallest absolute Gasteiger partial charge is 0.263 e. The molecule has 3 aliphatic rings. The van der Waals surface area contributed by atoms with Crippen molar-refractivity contribution in [3.05, 3.63) is 60.7 Å². The van der Waals surface area contributed by atoms with Gasteiger partial charge >= 0.3 is 0 Å². The summed E-state index contributed by atoms with van der Waals surface area (Å²) in [5.41, 5.74) is 5.86. The first-order valence-electron chi connectivity index (χ1n) is 14.5. The van der Waals surface area contributed by atoms with E-state index >= 15 is 0 Å². The molecule has 1 aromatic carbocycles. The Kier molecular flexibility index (Phi) is 10.2. The van der Waals surface area contributed by atoms with Gasteiger partial charge in [0.2, 0.25) is 0 Å². The second-order valence-corrected chi connectivity index (χ2v) is 13.9. The van der Waals surface area contributed by atoms with Gasteiger partial charge < -0.3 is 9.74 Å². The molecule has 10 heteroatoms. The lowest BCUT2D eigenvalue weighted by atomic mass is 9.76. The van der Waals surface area contributed by atoms with Crippen molar-refractivity contribution in [3.8, 4) is 0 Å². The van der Waals surface area contributed by atoms with Gasteiger partial charge in [-0.2, -0.15) is 0 Å². The van der Waals surface area contributed by atoms with Crippen molar-refractivity contribution in [1.82, 2.24) is 14.8 Å². The van der Waals surface area contributed by atoms with Crippen LogP contribution >= 0.6 is 43.5 Å². The van der Waals surface area contributed by atoms with Crippen molar-refractivity contribution in [1.29, 1.82) is 0 Å². The summed E-state index contributed by atoms with van der Waals surface area (Å²) in [5, 5.41) is 4.59. The fourth-order valence-electron chi connectivity index (χ4n) is 6.58. The van der Waals surface area contributed by atoms with E-state index in [0.29, 0.717) is 44.2 Å². The third kappa shape index (κ3) is 7.40. The number of rotatable bonds is 7. The minimum atomic E-state index is -0.0691. The van der Waals surface area contributed by atoms with Gasteiger partial charge in [0.1, 0.15) is 5.78 Å². The molecule has 0 saturated carbocycles. The molecule has 0 spiro atoms. The normalized spacial score (nSPS) is 20.1. The van der Waals surface area contributed by atoms with Crippen LogP contribution in [0.3, 0.4) is 0 Å². The SMILES string of the molecule is CC(C)=NOCC(=O)N1CCC(C(=O)CN2CCC([C@H]3c4ncc(Br)cc4CCc4cc(Cl)cc(Br)c43)CC2)CC1. The number of amides is 1. The summed E-state index contributed by atoms with van der Waals surface area (Å²) in [4.78, 5) is 39.8. The van der Waals surface area contributed by atoms with Crippen LogP contribution in [0.5, 0.6) is 0 Å². The van der Waals surface area contributed by atoms with Gasteiger partial charge in [-0.3, -0.25) is 19.5 Å². The van der Waals surface area contributed by atoms with Gasteiger partial charge in [0.15, 0.2) is 6.61 Å². The van der Waals surface area contributed by atoms with Crippen molar-refractivity contribution >= 4 is 60.9 Å². The van der Waals surface area contributed by atoms with Gasteiger partial charge in [0.25, 0.3) is 5.91 Å². The lowest BCUT2D eigenvalue weighted by Crippen LogP contribution is -2.45. The predicted molar refractivity (Wildman–Crippen MR) is 169 cm³/mol. The first-order chi connectivity index (χ1) is 19.7. The molecule has 7 nitrogen and oxygen atoms in total. The van der Waals surface area contributed by atoms with E-state index < -0.39 is 0 Å². The lowest BCUT2D eigenvalue weighted by Gasteiger charge is -2.38. The average Bonchev–Trinajstić information content (AvgIpc) is 3.10. The van der Waals surface area contributed by atoms with E-state index in [1.165, 1.54) is 22.4 Å². The molecule has 2 fully saturated rings. The van der Waals surface area contributed by atoms with Crippen LogP contribution in [0.2, 0.25) is 5.02 Å². The molecule has 3 heterocycles. The molecule has 220 valence electrons. The van der Waals surface area contributed by atoms with Crippen molar-refractivity contribution in [2.75, 3.05) is 39.3 Å². The first-order valence-corrected chi connectivity index (χ1v) is 16.4. The second kappa shape index (κ2) is 13.7. The van der Waals surface area contributed by atoms with E-state index in [9.17, 15) is 9.59 Å². The number of pyridine rings is 1. The molecule has 1 amide bonds. The van der Waals surface area contributed by atoms with Crippen molar-refractivity contribution in [2.45, 2.75) is 58.3 Å². The molecule has 2 aliphatic heterocycles. The maximum atomic E-state index is 13.2. The number of fused-ring (bicyclic) bond motifs is 2. The highest BCUT2D eigenvalue weighted by Gasteiger charge is 2.36. The molecule has 41 heavy (non-hydrogen) atoms. The molecule has 1 atom stereocenters. The van der Waals surface area contributed by atoms with Crippen LogP contribution in [0.4, 0.5) is 0 Å². The van der Waals surface area contributed by atoms with Crippen molar-refractivity contribution < 1.29 is 14.4 Å². The maximum absolute atomic E-state index is 13.2. The van der Waals surface area contributed by atoms with E-state index in [1.807, 2.05) is 26.1 Å². The number of oxime groups is 1. The highest BCUT2D eigenvalue weighted by molar-refractivity contribution is 9.10. The largest absolute Gasteiger partial charge is 0.386 e. The molecular weight excluding hydrogens is 672 g/mol. The molecular formula is C31H37Br2ClN4O3. The number of ketones is 1. The Balaban J connectivity index is 1.19. The van der Waals surface area contributed by atoms with Crippen LogP contribution in [0.25, 0.3) is 0 Å². The van der Waals surface area contributed by atoms with Crippen LogP contribution in [0.15, 0.2) is 38.5 Å². The van der Waals surface area contributed by atoms with Crippen LogP contribution in [-0.2, 0) is 27.3 Å². The number of nitrogens with zero attached hydrogens (tertiary/aromatic N) is 4. The lowest BCUT2D eigenvalue weighted by molar-refractivity contribution is -0.139. The Morgan fingerprint density at radius 1 is 1.02 bits per heavy atom. The summed E-state index contributed by atoms with van der Waals surface area (Å²) >= 11 is 13.9. The molecule has 2 aromatic rings. The van der Waals surface area contributed by atoms with E-state index in [2.05, 4.69) is 54.0 Å². The van der Waals surface area contributed by atoms with Gasteiger partial charge in [-0.05, 0) is 122 Å². The minimum Gasteiger partial charge on any atom is -0.386 e. The summed E-state index contributed by atoms with van der Waals surface area (Å²) in [6.07, 6.45) is 7.24. The van der Waals surface area contributed by atoms with Crippen molar-refractivity contribution in [2.24, 2.45) is 17.0 Å². The number of aromatic nitrogens is 1. The quantitative estimate of drug-likeness (QED) is 0.245. The Bertz CT molecular complexity index is 1320. The van der Waals surface area contributed by atoms with Gasteiger partial charge in [-0.1, -0.05) is 32.7 Å². The Labute approximate surface area is 264 Å². The predicted octanol–water partition coefficient (Wildman–Crippen LogP) is 6.42.